The summed E-state index contributed by atoms with van der Waals surface area (Å²) in [5.74, 6) is -0.793. The quantitative estimate of drug-likeness (QED) is 0.508. The van der Waals surface area contributed by atoms with E-state index in [2.05, 4.69) is 0 Å². The molecule has 1 aliphatic heterocycles. The molecule has 1 aliphatic rings. The summed E-state index contributed by atoms with van der Waals surface area (Å²) in [6.07, 6.45) is 0.0981. The van der Waals surface area contributed by atoms with Gasteiger partial charge in [-0.2, -0.15) is 0 Å². The molecule has 1 heterocycles. The van der Waals surface area contributed by atoms with Crippen LogP contribution in [-0.4, -0.2) is 17.9 Å². The van der Waals surface area contributed by atoms with Gasteiger partial charge >= 0.3 is 7.12 Å². The van der Waals surface area contributed by atoms with Crippen LogP contribution < -0.4 is 5.46 Å². The Balaban J connectivity index is 0.00000121. The molecule has 0 saturated carbocycles. The van der Waals surface area contributed by atoms with Gasteiger partial charge in [-0.3, -0.25) is 4.79 Å². The maximum absolute atomic E-state index is 13.5. The third kappa shape index (κ3) is 3.90. The molecule has 0 aliphatic carbocycles. The molecule has 3 nitrogen and oxygen atoms in total. The number of carbonyl (C=O) groups excluding carboxylic acids is 1. The molecular weight excluding hydrogens is 359 g/mol. The number of halogens is 1. The van der Waals surface area contributed by atoms with E-state index in [1.807, 2.05) is 6.07 Å². The van der Waals surface area contributed by atoms with Gasteiger partial charge in [0, 0.05) is 39.1 Å². The molecule has 0 saturated heterocycles. The Morgan fingerprint density at radius 3 is 2.73 bits per heavy atom. The van der Waals surface area contributed by atoms with Gasteiger partial charge < -0.3 is 17.1 Å². The van der Waals surface area contributed by atoms with E-state index < -0.39 is 12.9 Å². The van der Waals surface area contributed by atoms with E-state index in [1.165, 1.54) is 12.1 Å². The van der Waals surface area contributed by atoms with Crippen LogP contribution in [0, 0.1) is 13.2 Å². The zero-order valence-corrected chi connectivity index (χ0v) is 15.1. The summed E-state index contributed by atoms with van der Waals surface area (Å²) in [7, 11) is -0.937. The van der Waals surface area contributed by atoms with Crippen LogP contribution in [-0.2, 0) is 50.4 Å². The summed E-state index contributed by atoms with van der Waals surface area (Å²) in [5.41, 5.74) is 2.43. The minimum Gasteiger partial charge on any atom is -0.423 e. The maximum atomic E-state index is 13.5. The van der Waals surface area contributed by atoms with Gasteiger partial charge in [0.2, 0.25) is 0 Å². The molecule has 0 aromatic heterocycles. The van der Waals surface area contributed by atoms with Crippen molar-refractivity contribution in [3.8, 4) is 0 Å². The van der Waals surface area contributed by atoms with Crippen molar-refractivity contribution in [1.82, 2.24) is 0 Å². The minimum absolute atomic E-state index is 0. The van der Waals surface area contributed by atoms with E-state index in [1.54, 1.807) is 24.3 Å². The molecule has 0 fully saturated rings. The van der Waals surface area contributed by atoms with Gasteiger partial charge in [0.1, 0.15) is 5.82 Å². The molecule has 0 bridgehead atoms. The fourth-order valence-electron chi connectivity index (χ4n) is 2.34. The number of hydrogen-bond acceptors (Lipinski definition) is 3. The van der Waals surface area contributed by atoms with Gasteiger partial charge in [-0.05, 0) is 28.7 Å². The van der Waals surface area contributed by atoms with E-state index in [4.69, 9.17) is 4.65 Å². The molecule has 2 aromatic rings. The van der Waals surface area contributed by atoms with Crippen LogP contribution in [0.2, 0.25) is 0 Å². The van der Waals surface area contributed by atoms with E-state index in [0.717, 1.165) is 11.1 Å². The summed E-state index contributed by atoms with van der Waals surface area (Å²) < 4.78 is 18.6. The second-order valence-electron chi connectivity index (χ2n) is 4.78. The number of fused-ring (bicyclic) bond motifs is 1. The summed E-state index contributed by atoms with van der Waals surface area (Å²) in [5, 5.41) is 9.63. The predicted molar refractivity (Wildman–Crippen MR) is 79.7 cm³/mol. The van der Waals surface area contributed by atoms with Gasteiger partial charge in [-0.1, -0.05) is 30.3 Å². The van der Waals surface area contributed by atoms with Crippen molar-refractivity contribution in [3.63, 3.8) is 0 Å². The van der Waals surface area contributed by atoms with Gasteiger partial charge in [-0.25, -0.2) is 4.39 Å². The third-order valence-corrected chi connectivity index (χ3v) is 3.41. The van der Waals surface area contributed by atoms with Crippen LogP contribution in [0.25, 0.3) is 0 Å². The summed E-state index contributed by atoms with van der Waals surface area (Å²) in [4.78, 5) is 12.1. The molecule has 1 radical (unpaired) electrons. The molecule has 1 N–H and O–H groups in total. The van der Waals surface area contributed by atoms with Crippen molar-refractivity contribution in [2.75, 3.05) is 0 Å². The second-order valence-corrected chi connectivity index (χ2v) is 4.78. The van der Waals surface area contributed by atoms with E-state index >= 15 is 0 Å². The summed E-state index contributed by atoms with van der Waals surface area (Å²) >= 11 is 0. The predicted octanol–water partition coefficient (Wildman–Crippen LogP) is 1.92. The Labute approximate surface area is 154 Å². The van der Waals surface area contributed by atoms with Gasteiger partial charge in [0.15, 0.2) is 5.78 Å². The Hall–Kier alpha value is -0.871. The molecule has 0 spiro atoms. The first-order valence-electron chi connectivity index (χ1n) is 6.34. The SMILES string of the molecule is O=C(Cc1ccc2c(c1)B(O)OC2)c1ccccc1F.[CH3-].[Y]. The van der Waals surface area contributed by atoms with Crippen LogP contribution >= 0.6 is 0 Å². The average Bonchev–Trinajstić information content (AvgIpc) is 2.81. The van der Waals surface area contributed by atoms with Crippen LogP contribution in [0.3, 0.4) is 0 Å². The number of carbonyl (C=O) groups is 1. The number of benzene rings is 2. The van der Waals surface area contributed by atoms with Gasteiger partial charge in [-0.15, -0.1) is 0 Å². The zero-order valence-electron chi connectivity index (χ0n) is 12.3. The summed E-state index contributed by atoms with van der Waals surface area (Å²) in [6, 6.07) is 11.3. The van der Waals surface area contributed by atoms with E-state index in [9.17, 15) is 14.2 Å². The van der Waals surface area contributed by atoms with E-state index in [-0.39, 0.29) is 57.9 Å². The normalized spacial score (nSPS) is 12.2. The molecule has 111 valence electrons. The molecule has 0 unspecified atom stereocenters. The fraction of sp³-hybridized carbons (Fsp3) is 0.125. The van der Waals surface area contributed by atoms with Crippen LogP contribution in [0.15, 0.2) is 42.5 Å². The number of ketones is 1. The number of hydrogen-bond donors (Lipinski definition) is 1. The third-order valence-electron chi connectivity index (χ3n) is 3.41. The topological polar surface area (TPSA) is 46.5 Å². The van der Waals surface area contributed by atoms with Crippen molar-refractivity contribution in [2.24, 2.45) is 0 Å². The van der Waals surface area contributed by atoms with Crippen molar-refractivity contribution in [2.45, 2.75) is 13.0 Å². The Morgan fingerprint density at radius 1 is 1.27 bits per heavy atom. The van der Waals surface area contributed by atoms with Crippen molar-refractivity contribution in [1.29, 1.82) is 0 Å². The molecule has 22 heavy (non-hydrogen) atoms. The molecular formula is C16H15BFO3Y-. The van der Waals surface area contributed by atoms with Gasteiger partial charge in [0.25, 0.3) is 0 Å². The van der Waals surface area contributed by atoms with Crippen LogP contribution in [0.4, 0.5) is 4.39 Å². The van der Waals surface area contributed by atoms with Crippen LogP contribution in [0.5, 0.6) is 0 Å². The molecule has 6 heteroatoms. The van der Waals surface area contributed by atoms with Crippen molar-refractivity contribution >= 4 is 18.4 Å². The van der Waals surface area contributed by atoms with Crippen molar-refractivity contribution < 1.29 is 51.6 Å². The molecule has 0 amide bonds. The smallest absolute Gasteiger partial charge is 0.423 e. The van der Waals surface area contributed by atoms with Gasteiger partial charge in [0.05, 0.1) is 12.2 Å². The second kappa shape index (κ2) is 8.11. The first kappa shape index (κ1) is 19.2. The number of Topliss-reactive ketones (excluding diaryl/α,β-unsaturated/α-hetero) is 1. The number of rotatable bonds is 3. The minimum atomic E-state index is -0.937. The Bertz CT molecular complexity index is 678. The fourth-order valence-corrected chi connectivity index (χ4v) is 2.34. The molecule has 2 aromatic carbocycles. The Morgan fingerprint density at radius 2 is 2.00 bits per heavy atom. The largest absolute Gasteiger partial charge is 0.491 e. The van der Waals surface area contributed by atoms with Crippen molar-refractivity contribution in [3.05, 3.63) is 72.4 Å². The molecule has 0 atom stereocenters. The molecule has 3 rings (SSSR count). The van der Waals surface area contributed by atoms with Crippen LogP contribution in [0.1, 0.15) is 21.5 Å². The van der Waals surface area contributed by atoms with E-state index in [0.29, 0.717) is 12.1 Å². The zero-order chi connectivity index (χ0) is 14.1. The Kier molecular flexibility index (Phi) is 7.07. The average molecular weight is 374 g/mol. The summed E-state index contributed by atoms with van der Waals surface area (Å²) in [6.45, 7) is 0.373. The standard InChI is InChI=1S/C15H12BFO3.CH3.Y/c17-14-4-2-1-3-12(14)15(18)8-10-5-6-11-9-20-16(19)13(11)7-10;;/h1-7,19H,8-9H2;1H3;/q;-1;. The monoisotopic (exact) mass is 374 g/mol. The maximum Gasteiger partial charge on any atom is 0.491 e. The first-order chi connectivity index (χ1) is 9.65. The first-order valence-corrected chi connectivity index (χ1v) is 6.34.